The highest BCUT2D eigenvalue weighted by atomic mass is 16.5. The maximum absolute atomic E-state index is 5.41. The molecule has 2 rings (SSSR count). The molecule has 0 fully saturated rings. The number of ether oxygens (including phenoxy) is 2. The molecule has 72 valence electrons. The number of aromatic nitrogens is 2. The van der Waals surface area contributed by atoms with Crippen LogP contribution < -0.4 is 9.47 Å². The molecule has 2 aromatic rings. The van der Waals surface area contributed by atoms with E-state index in [9.17, 15) is 0 Å². The molecule has 0 bridgehead atoms. The lowest BCUT2D eigenvalue weighted by atomic mass is 10.3. The van der Waals surface area contributed by atoms with Crippen molar-refractivity contribution in [2.24, 2.45) is 0 Å². The molecule has 0 saturated heterocycles. The minimum Gasteiger partial charge on any atom is -0.497 e. The molecule has 0 aliphatic heterocycles. The number of hydrogen-bond acceptors (Lipinski definition) is 3. The van der Waals surface area contributed by atoms with Crippen LogP contribution in [-0.2, 0) is 0 Å². The van der Waals surface area contributed by atoms with E-state index in [0.29, 0.717) is 11.8 Å². The third-order valence-corrected chi connectivity index (χ3v) is 1.73. The zero-order valence-corrected chi connectivity index (χ0v) is 7.73. The number of hydrogen-bond donors (Lipinski definition) is 1. The number of methoxy groups -OCH3 is 1. The molecule has 4 heteroatoms. The first kappa shape index (κ1) is 8.62. The van der Waals surface area contributed by atoms with E-state index in [1.807, 2.05) is 18.2 Å². The van der Waals surface area contributed by atoms with Gasteiger partial charge in [0.25, 0.3) is 6.01 Å². The Morgan fingerprint density at radius 3 is 2.86 bits per heavy atom. The van der Waals surface area contributed by atoms with Crippen LogP contribution in [0.5, 0.6) is 17.5 Å². The zero-order chi connectivity index (χ0) is 9.80. The fourth-order valence-electron chi connectivity index (χ4n) is 1.08. The molecular formula is C10H10N2O2. The average Bonchev–Trinajstić information content (AvgIpc) is 2.71. The van der Waals surface area contributed by atoms with Gasteiger partial charge in [-0.1, -0.05) is 6.07 Å². The summed E-state index contributed by atoms with van der Waals surface area (Å²) in [5.41, 5.74) is 0. The maximum atomic E-state index is 5.41. The van der Waals surface area contributed by atoms with Crippen LogP contribution in [0, 0.1) is 0 Å². The van der Waals surface area contributed by atoms with Crippen LogP contribution in [0.3, 0.4) is 0 Å². The molecule has 1 aromatic carbocycles. The number of imidazole rings is 1. The molecule has 1 heterocycles. The Bertz CT molecular complexity index is 398. The van der Waals surface area contributed by atoms with Crippen molar-refractivity contribution in [2.45, 2.75) is 0 Å². The molecule has 1 aromatic heterocycles. The number of nitrogens with zero attached hydrogens (tertiary/aromatic N) is 1. The minimum absolute atomic E-state index is 0.471. The maximum Gasteiger partial charge on any atom is 0.299 e. The van der Waals surface area contributed by atoms with Crippen LogP contribution in [0.4, 0.5) is 0 Å². The summed E-state index contributed by atoms with van der Waals surface area (Å²) >= 11 is 0. The SMILES string of the molecule is COc1cccc(Oc2ncc[nH]2)c1. The van der Waals surface area contributed by atoms with Crippen LogP contribution in [0.1, 0.15) is 0 Å². The summed E-state index contributed by atoms with van der Waals surface area (Å²) in [6.45, 7) is 0. The first-order valence-electron chi connectivity index (χ1n) is 4.20. The Morgan fingerprint density at radius 2 is 2.14 bits per heavy atom. The van der Waals surface area contributed by atoms with Crippen molar-refractivity contribution in [2.75, 3.05) is 7.11 Å². The lowest BCUT2D eigenvalue weighted by Gasteiger charge is -2.03. The van der Waals surface area contributed by atoms with Gasteiger partial charge in [0.15, 0.2) is 0 Å². The highest BCUT2D eigenvalue weighted by Crippen LogP contribution is 2.22. The quantitative estimate of drug-likeness (QED) is 0.807. The van der Waals surface area contributed by atoms with Crippen molar-refractivity contribution in [3.63, 3.8) is 0 Å². The lowest BCUT2D eigenvalue weighted by Crippen LogP contribution is -1.87. The van der Waals surface area contributed by atoms with E-state index >= 15 is 0 Å². The van der Waals surface area contributed by atoms with Crippen LogP contribution in [0.2, 0.25) is 0 Å². The van der Waals surface area contributed by atoms with Gasteiger partial charge in [-0.2, -0.15) is 0 Å². The second-order valence-corrected chi connectivity index (χ2v) is 2.68. The average molecular weight is 190 g/mol. The van der Waals surface area contributed by atoms with Crippen molar-refractivity contribution in [3.05, 3.63) is 36.7 Å². The largest absolute Gasteiger partial charge is 0.497 e. The van der Waals surface area contributed by atoms with E-state index in [0.717, 1.165) is 5.75 Å². The van der Waals surface area contributed by atoms with E-state index < -0.39 is 0 Å². The van der Waals surface area contributed by atoms with Crippen LogP contribution >= 0.6 is 0 Å². The van der Waals surface area contributed by atoms with E-state index in [4.69, 9.17) is 9.47 Å². The highest BCUT2D eigenvalue weighted by Gasteiger charge is 1.99. The Labute approximate surface area is 81.5 Å². The summed E-state index contributed by atoms with van der Waals surface area (Å²) in [6.07, 6.45) is 3.34. The first-order chi connectivity index (χ1) is 6.88. The summed E-state index contributed by atoms with van der Waals surface area (Å²) in [5, 5.41) is 0. The first-order valence-corrected chi connectivity index (χ1v) is 4.20. The van der Waals surface area contributed by atoms with Gasteiger partial charge in [0, 0.05) is 18.5 Å². The molecular weight excluding hydrogens is 180 g/mol. The number of rotatable bonds is 3. The predicted molar refractivity (Wildman–Crippen MR) is 51.7 cm³/mol. The third kappa shape index (κ3) is 1.85. The van der Waals surface area contributed by atoms with Crippen LogP contribution in [0.25, 0.3) is 0 Å². The zero-order valence-electron chi connectivity index (χ0n) is 7.73. The highest BCUT2D eigenvalue weighted by molar-refractivity contribution is 5.34. The summed E-state index contributed by atoms with van der Waals surface area (Å²) in [6, 6.07) is 7.82. The smallest absolute Gasteiger partial charge is 0.299 e. The number of nitrogens with one attached hydrogen (secondary N) is 1. The topological polar surface area (TPSA) is 47.1 Å². The Hall–Kier alpha value is -1.97. The molecule has 0 aliphatic carbocycles. The summed E-state index contributed by atoms with van der Waals surface area (Å²) in [5.74, 6) is 1.45. The van der Waals surface area contributed by atoms with Crippen LogP contribution in [0.15, 0.2) is 36.7 Å². The van der Waals surface area contributed by atoms with E-state index in [2.05, 4.69) is 9.97 Å². The Kier molecular flexibility index (Phi) is 2.36. The fourth-order valence-corrected chi connectivity index (χ4v) is 1.08. The predicted octanol–water partition coefficient (Wildman–Crippen LogP) is 2.21. The van der Waals surface area contributed by atoms with E-state index in [1.54, 1.807) is 25.6 Å². The van der Waals surface area contributed by atoms with Gasteiger partial charge < -0.3 is 14.5 Å². The fraction of sp³-hybridized carbons (Fsp3) is 0.100. The van der Waals surface area contributed by atoms with Gasteiger partial charge >= 0.3 is 0 Å². The third-order valence-electron chi connectivity index (χ3n) is 1.73. The molecule has 4 nitrogen and oxygen atoms in total. The molecule has 14 heavy (non-hydrogen) atoms. The number of H-pyrrole nitrogens is 1. The van der Waals surface area contributed by atoms with Gasteiger partial charge in [-0.05, 0) is 12.1 Å². The van der Waals surface area contributed by atoms with Crippen molar-refractivity contribution in [1.82, 2.24) is 9.97 Å². The molecule has 0 radical (unpaired) electrons. The number of benzene rings is 1. The lowest BCUT2D eigenvalue weighted by molar-refractivity contribution is 0.405. The summed E-state index contributed by atoms with van der Waals surface area (Å²) < 4.78 is 10.5. The van der Waals surface area contributed by atoms with Gasteiger partial charge in [0.2, 0.25) is 0 Å². The van der Waals surface area contributed by atoms with Gasteiger partial charge in [-0.25, -0.2) is 4.98 Å². The number of aromatic amines is 1. The molecule has 0 aliphatic rings. The van der Waals surface area contributed by atoms with Gasteiger partial charge in [0.1, 0.15) is 11.5 Å². The Balaban J connectivity index is 2.17. The summed E-state index contributed by atoms with van der Waals surface area (Å²) in [4.78, 5) is 6.80. The van der Waals surface area contributed by atoms with Crippen molar-refractivity contribution >= 4 is 0 Å². The standard InChI is InChI=1S/C10H10N2O2/c1-13-8-3-2-4-9(7-8)14-10-11-5-6-12-10/h2-7H,1H3,(H,11,12). The summed E-state index contributed by atoms with van der Waals surface area (Å²) in [7, 11) is 1.62. The second kappa shape index (κ2) is 3.83. The molecule has 0 saturated carbocycles. The monoisotopic (exact) mass is 190 g/mol. The van der Waals surface area contributed by atoms with Gasteiger partial charge in [-0.15, -0.1) is 0 Å². The van der Waals surface area contributed by atoms with E-state index in [1.165, 1.54) is 0 Å². The van der Waals surface area contributed by atoms with E-state index in [-0.39, 0.29) is 0 Å². The molecule has 0 unspecified atom stereocenters. The van der Waals surface area contributed by atoms with Gasteiger partial charge in [-0.3, -0.25) is 0 Å². The molecule has 0 atom stereocenters. The van der Waals surface area contributed by atoms with Gasteiger partial charge in [0.05, 0.1) is 7.11 Å². The normalized spacial score (nSPS) is 9.79. The molecule has 0 amide bonds. The molecule has 0 spiro atoms. The molecule has 1 N–H and O–H groups in total. The van der Waals surface area contributed by atoms with Crippen LogP contribution in [-0.4, -0.2) is 17.1 Å². The minimum atomic E-state index is 0.471. The van der Waals surface area contributed by atoms with Crippen molar-refractivity contribution < 1.29 is 9.47 Å². The second-order valence-electron chi connectivity index (χ2n) is 2.68. The van der Waals surface area contributed by atoms with Crippen molar-refractivity contribution in [1.29, 1.82) is 0 Å². The van der Waals surface area contributed by atoms with Crippen molar-refractivity contribution in [3.8, 4) is 17.5 Å². The Morgan fingerprint density at radius 1 is 1.29 bits per heavy atom.